The van der Waals surface area contributed by atoms with Crippen molar-refractivity contribution in [3.05, 3.63) is 57.7 Å². The summed E-state index contributed by atoms with van der Waals surface area (Å²) in [6, 6.07) is 9.66. The maximum atomic E-state index is 12.8. The zero-order chi connectivity index (χ0) is 27.2. The molecule has 2 aliphatic heterocycles. The van der Waals surface area contributed by atoms with Crippen molar-refractivity contribution in [2.45, 2.75) is 25.7 Å². The number of nitrogens with zero attached hydrogens (tertiary/aromatic N) is 5. The number of carbonyl (C=O) groups excluding carboxylic acids is 1. The Balaban J connectivity index is 1.47. The van der Waals surface area contributed by atoms with E-state index < -0.39 is 5.41 Å². The lowest BCUT2D eigenvalue weighted by molar-refractivity contribution is -0.119. The van der Waals surface area contributed by atoms with Crippen LogP contribution in [0.15, 0.2) is 30.5 Å². The van der Waals surface area contributed by atoms with Gasteiger partial charge in [0.1, 0.15) is 6.07 Å². The highest BCUT2D eigenvalue weighted by Gasteiger charge is 2.36. The number of anilines is 4. The molecule has 196 valence electrons. The van der Waals surface area contributed by atoms with Crippen LogP contribution in [0.25, 0.3) is 11.3 Å². The third-order valence-corrected chi connectivity index (χ3v) is 7.65. The summed E-state index contributed by atoms with van der Waals surface area (Å²) in [4.78, 5) is 25.5. The van der Waals surface area contributed by atoms with Crippen molar-refractivity contribution in [2.24, 2.45) is 0 Å². The van der Waals surface area contributed by atoms with Gasteiger partial charge in [0.05, 0.1) is 40.8 Å². The number of aromatic nitrogens is 2. The molecule has 1 amide bonds. The minimum absolute atomic E-state index is 0.0189. The molecule has 0 saturated carbocycles. The molecule has 0 fully saturated rings. The largest absolute Gasteiger partial charge is 0.395 e. The summed E-state index contributed by atoms with van der Waals surface area (Å²) < 4.78 is 0. The number of nitrogens with one attached hydrogen (secondary N) is 2. The molecular formula is C28H30ClN7O2. The van der Waals surface area contributed by atoms with Crippen LogP contribution < -0.4 is 15.5 Å². The Bertz CT molecular complexity index is 1480. The fourth-order valence-electron chi connectivity index (χ4n) is 5.22. The Hall–Kier alpha value is -3.71. The van der Waals surface area contributed by atoms with Crippen molar-refractivity contribution in [3.8, 4) is 17.3 Å². The van der Waals surface area contributed by atoms with E-state index in [9.17, 15) is 15.2 Å². The number of carbonyl (C=O) groups is 1. The molecule has 3 N–H and O–H groups in total. The first-order valence-electron chi connectivity index (χ1n) is 12.5. The summed E-state index contributed by atoms with van der Waals surface area (Å²) >= 11 is 6.70. The van der Waals surface area contributed by atoms with Gasteiger partial charge in [-0.25, -0.2) is 9.97 Å². The Morgan fingerprint density at radius 3 is 2.87 bits per heavy atom. The Kier molecular flexibility index (Phi) is 6.73. The minimum Gasteiger partial charge on any atom is -0.395 e. The number of halogens is 1. The van der Waals surface area contributed by atoms with Crippen molar-refractivity contribution in [1.29, 1.82) is 5.26 Å². The summed E-state index contributed by atoms with van der Waals surface area (Å²) in [7, 11) is 3.74. The van der Waals surface area contributed by atoms with Gasteiger partial charge >= 0.3 is 0 Å². The van der Waals surface area contributed by atoms with Crippen molar-refractivity contribution < 1.29 is 9.90 Å². The van der Waals surface area contributed by atoms with Gasteiger partial charge in [0.2, 0.25) is 11.9 Å². The number of amides is 1. The van der Waals surface area contributed by atoms with E-state index in [2.05, 4.69) is 21.7 Å². The second-order valence-electron chi connectivity index (χ2n) is 10.4. The minimum atomic E-state index is -0.481. The van der Waals surface area contributed by atoms with Crippen LogP contribution in [0.4, 0.5) is 23.0 Å². The molecular weight excluding hydrogens is 502 g/mol. The van der Waals surface area contributed by atoms with Crippen LogP contribution in [0.2, 0.25) is 5.02 Å². The summed E-state index contributed by atoms with van der Waals surface area (Å²) in [5.74, 6) is 0.410. The Morgan fingerprint density at radius 1 is 1.37 bits per heavy atom. The van der Waals surface area contributed by atoms with Gasteiger partial charge in [0, 0.05) is 36.0 Å². The lowest BCUT2D eigenvalue weighted by Gasteiger charge is -2.22. The van der Waals surface area contributed by atoms with Gasteiger partial charge in [-0.3, -0.25) is 4.79 Å². The van der Waals surface area contributed by atoms with Gasteiger partial charge in [-0.05, 0) is 68.4 Å². The van der Waals surface area contributed by atoms with Crippen molar-refractivity contribution in [3.63, 3.8) is 0 Å². The number of likely N-dealkylation sites (N-methyl/N-ethyl adjacent to an activating group) is 1. The number of hydrogen-bond donors (Lipinski definition) is 3. The highest BCUT2D eigenvalue weighted by atomic mass is 35.5. The fraction of sp³-hybridized carbons (Fsp3) is 0.357. The van der Waals surface area contributed by atoms with Crippen molar-refractivity contribution >= 4 is 40.5 Å². The quantitative estimate of drug-likeness (QED) is 0.439. The van der Waals surface area contributed by atoms with Crippen LogP contribution in [0.3, 0.4) is 0 Å². The van der Waals surface area contributed by atoms with Crippen LogP contribution in [-0.2, 0) is 16.6 Å². The van der Waals surface area contributed by atoms with Crippen LogP contribution in [0, 0.1) is 18.3 Å². The first-order chi connectivity index (χ1) is 18.1. The lowest BCUT2D eigenvalue weighted by atomic mass is 9.83. The van der Waals surface area contributed by atoms with E-state index >= 15 is 0 Å². The molecule has 10 heteroatoms. The third kappa shape index (κ3) is 4.45. The first-order valence-corrected chi connectivity index (χ1v) is 12.8. The van der Waals surface area contributed by atoms with E-state index in [4.69, 9.17) is 16.6 Å². The SMILES string of the molecule is Cc1c(Nc2nccc(-c3cc(C#N)c4c(c3)[C@@](C)(CO)CN4)n2)cc(Cl)c2c1CCN2C(=O)CN(C)C. The molecule has 1 aromatic heterocycles. The zero-order valence-electron chi connectivity index (χ0n) is 21.9. The van der Waals surface area contributed by atoms with Gasteiger partial charge in [0.15, 0.2) is 0 Å². The number of fused-ring (bicyclic) bond motifs is 2. The van der Waals surface area contributed by atoms with Gasteiger partial charge < -0.3 is 25.5 Å². The molecule has 2 aliphatic rings. The Labute approximate surface area is 227 Å². The number of benzene rings is 2. The molecule has 38 heavy (non-hydrogen) atoms. The van der Waals surface area contributed by atoms with Gasteiger partial charge in [-0.1, -0.05) is 18.5 Å². The summed E-state index contributed by atoms with van der Waals surface area (Å²) in [6.07, 6.45) is 2.39. The van der Waals surface area contributed by atoms with Crippen LogP contribution >= 0.6 is 11.6 Å². The molecule has 0 saturated heterocycles. The second-order valence-corrected chi connectivity index (χ2v) is 10.8. The third-order valence-electron chi connectivity index (χ3n) is 7.36. The average molecular weight is 532 g/mol. The molecule has 0 spiro atoms. The molecule has 5 rings (SSSR count). The van der Waals surface area contributed by atoms with Crippen LogP contribution in [0.5, 0.6) is 0 Å². The Morgan fingerprint density at radius 2 is 2.16 bits per heavy atom. The second kappa shape index (κ2) is 9.87. The fourth-order valence-corrected chi connectivity index (χ4v) is 5.55. The number of aliphatic hydroxyl groups excluding tert-OH is 1. The van der Waals surface area contributed by atoms with E-state index in [1.165, 1.54) is 0 Å². The van der Waals surface area contributed by atoms with E-state index in [-0.39, 0.29) is 12.5 Å². The van der Waals surface area contributed by atoms with Crippen molar-refractivity contribution in [2.75, 3.05) is 55.9 Å². The standard InChI is InChI=1S/C28H30ClN7O2/c1-16-19-6-8-36(24(38)13-35(3)4)26(19)21(29)11-23(16)34-27-31-7-5-22(33-27)17-9-18(12-30)25-20(10-17)28(2,15-37)14-32-25/h5,7,9-11,32,37H,6,8,13-15H2,1-4H3,(H,31,33,34)/t28-/m1/s1. The predicted molar refractivity (Wildman–Crippen MR) is 149 cm³/mol. The van der Waals surface area contributed by atoms with E-state index in [0.29, 0.717) is 41.9 Å². The number of rotatable bonds is 6. The van der Waals surface area contributed by atoms with Crippen LogP contribution in [0.1, 0.15) is 29.2 Å². The predicted octanol–water partition coefficient (Wildman–Crippen LogP) is 3.85. The van der Waals surface area contributed by atoms with E-state index in [0.717, 1.165) is 45.7 Å². The summed E-state index contributed by atoms with van der Waals surface area (Å²) in [5.41, 5.74) is 6.70. The highest BCUT2D eigenvalue weighted by Crippen LogP contribution is 2.43. The maximum absolute atomic E-state index is 12.8. The molecule has 0 bridgehead atoms. The molecule has 2 aromatic carbocycles. The average Bonchev–Trinajstić information content (AvgIpc) is 3.49. The summed E-state index contributed by atoms with van der Waals surface area (Å²) in [6.45, 7) is 5.42. The molecule has 9 nitrogen and oxygen atoms in total. The smallest absolute Gasteiger partial charge is 0.241 e. The number of hydrogen-bond acceptors (Lipinski definition) is 8. The maximum Gasteiger partial charge on any atom is 0.241 e. The van der Waals surface area contributed by atoms with Crippen molar-refractivity contribution in [1.82, 2.24) is 14.9 Å². The zero-order valence-corrected chi connectivity index (χ0v) is 22.6. The molecule has 0 radical (unpaired) electrons. The van der Waals surface area contributed by atoms with Gasteiger partial charge in [0.25, 0.3) is 0 Å². The lowest BCUT2D eigenvalue weighted by Crippen LogP contribution is -2.36. The summed E-state index contributed by atoms with van der Waals surface area (Å²) in [5, 5.41) is 26.8. The van der Waals surface area contributed by atoms with E-state index in [1.807, 2.05) is 45.0 Å². The topological polar surface area (TPSA) is 117 Å². The molecule has 0 unspecified atom stereocenters. The number of nitriles is 1. The van der Waals surface area contributed by atoms with Gasteiger partial charge in [-0.15, -0.1) is 0 Å². The normalized spacial score (nSPS) is 17.7. The molecule has 3 heterocycles. The molecule has 1 atom stereocenters. The molecule has 3 aromatic rings. The molecule has 0 aliphatic carbocycles. The number of aliphatic hydroxyl groups is 1. The van der Waals surface area contributed by atoms with Gasteiger partial charge in [-0.2, -0.15) is 5.26 Å². The monoisotopic (exact) mass is 531 g/mol. The van der Waals surface area contributed by atoms with Crippen LogP contribution in [-0.4, -0.2) is 66.2 Å². The van der Waals surface area contributed by atoms with E-state index in [1.54, 1.807) is 23.2 Å². The highest BCUT2D eigenvalue weighted by molar-refractivity contribution is 6.34. The first kappa shape index (κ1) is 25.9.